The van der Waals surface area contributed by atoms with Crippen molar-refractivity contribution in [1.82, 2.24) is 4.57 Å². The molecule has 4 rings (SSSR count). The molecule has 136 valence electrons. The zero-order valence-electron chi connectivity index (χ0n) is 15.0. The van der Waals surface area contributed by atoms with E-state index in [1.165, 1.54) is 18.4 Å². The molecule has 0 radical (unpaired) electrons. The molecule has 0 atom stereocenters. The van der Waals surface area contributed by atoms with Crippen molar-refractivity contribution in [2.45, 2.75) is 13.3 Å². The van der Waals surface area contributed by atoms with E-state index in [1.54, 1.807) is 10.6 Å². The van der Waals surface area contributed by atoms with Crippen molar-refractivity contribution < 1.29 is 9.53 Å². The Kier molecular flexibility index (Phi) is 4.20. The van der Waals surface area contributed by atoms with Gasteiger partial charge in [-0.2, -0.15) is 0 Å². The summed E-state index contributed by atoms with van der Waals surface area (Å²) in [7, 11) is 1.32. The monoisotopic (exact) mass is 378 g/mol. The van der Waals surface area contributed by atoms with Crippen molar-refractivity contribution in [1.29, 1.82) is 0 Å². The van der Waals surface area contributed by atoms with Crippen molar-refractivity contribution in [3.63, 3.8) is 0 Å². The fraction of sp³-hybridized carbons (Fsp3) is 0.143. The molecule has 0 fully saturated rings. The summed E-state index contributed by atoms with van der Waals surface area (Å²) in [4.78, 5) is 26.6. The highest BCUT2D eigenvalue weighted by molar-refractivity contribution is 7.21. The van der Waals surface area contributed by atoms with Crippen LogP contribution in [0.3, 0.4) is 0 Å². The zero-order valence-corrected chi connectivity index (χ0v) is 15.8. The lowest BCUT2D eigenvalue weighted by Crippen LogP contribution is -2.19. The van der Waals surface area contributed by atoms with Crippen LogP contribution >= 0.6 is 11.3 Å². The molecular formula is C21H18N2O3S. The van der Waals surface area contributed by atoms with Gasteiger partial charge >= 0.3 is 5.97 Å². The number of rotatable bonds is 3. The standard InChI is InChI=1S/C21H18N2O3S/c1-3-12-8-4-7-11-15(12)23-19(24)14-10-6-5-9-13(14)16-17(22)18(21(25)26-2)27-20(16)23/h4-11H,3,22H2,1-2H3. The number of ether oxygens (including phenoxy) is 1. The fourth-order valence-corrected chi connectivity index (χ4v) is 4.61. The first kappa shape index (κ1) is 17.3. The Balaban J connectivity index is 2.26. The van der Waals surface area contributed by atoms with Gasteiger partial charge in [0.05, 0.1) is 18.5 Å². The van der Waals surface area contributed by atoms with Crippen LogP contribution in [0.2, 0.25) is 0 Å². The van der Waals surface area contributed by atoms with E-state index in [4.69, 9.17) is 10.5 Å². The van der Waals surface area contributed by atoms with Gasteiger partial charge in [-0.15, -0.1) is 11.3 Å². The van der Waals surface area contributed by atoms with Crippen LogP contribution in [0.5, 0.6) is 0 Å². The number of nitrogen functional groups attached to an aromatic ring is 1. The van der Waals surface area contributed by atoms with Crippen LogP contribution in [0.15, 0.2) is 53.3 Å². The maximum absolute atomic E-state index is 13.4. The van der Waals surface area contributed by atoms with Gasteiger partial charge in [0.25, 0.3) is 5.56 Å². The van der Waals surface area contributed by atoms with Gasteiger partial charge in [0, 0.05) is 10.8 Å². The molecule has 0 amide bonds. The van der Waals surface area contributed by atoms with E-state index in [0.717, 1.165) is 23.1 Å². The van der Waals surface area contributed by atoms with Gasteiger partial charge in [0.1, 0.15) is 9.71 Å². The molecule has 0 aliphatic carbocycles. The molecule has 0 bridgehead atoms. The average Bonchev–Trinajstić information content (AvgIpc) is 3.05. The zero-order chi connectivity index (χ0) is 19.1. The van der Waals surface area contributed by atoms with E-state index in [0.29, 0.717) is 26.2 Å². The fourth-order valence-electron chi connectivity index (χ4n) is 3.44. The van der Waals surface area contributed by atoms with Crippen molar-refractivity contribution in [3.8, 4) is 5.69 Å². The smallest absolute Gasteiger partial charge is 0.350 e. The van der Waals surface area contributed by atoms with E-state index in [-0.39, 0.29) is 5.56 Å². The molecule has 0 aliphatic heterocycles. The number of nitrogens with zero attached hydrogens (tertiary/aromatic N) is 1. The Labute approximate surface area is 159 Å². The van der Waals surface area contributed by atoms with Crippen LogP contribution in [-0.2, 0) is 11.2 Å². The number of aromatic nitrogens is 1. The highest BCUT2D eigenvalue weighted by Gasteiger charge is 2.23. The van der Waals surface area contributed by atoms with Gasteiger partial charge < -0.3 is 10.5 Å². The van der Waals surface area contributed by atoms with Crippen LogP contribution in [0.25, 0.3) is 26.7 Å². The molecule has 0 aliphatic rings. The van der Waals surface area contributed by atoms with Crippen LogP contribution in [0.1, 0.15) is 22.2 Å². The average molecular weight is 378 g/mol. The molecular weight excluding hydrogens is 360 g/mol. The molecule has 0 saturated heterocycles. The first-order valence-corrected chi connectivity index (χ1v) is 9.42. The SMILES string of the molecule is CCc1ccccc1-n1c(=O)c2ccccc2c2c(N)c(C(=O)OC)sc21. The van der Waals surface area contributed by atoms with E-state index >= 15 is 0 Å². The molecule has 2 aromatic carbocycles. The van der Waals surface area contributed by atoms with Gasteiger partial charge in [-0.25, -0.2) is 4.79 Å². The maximum atomic E-state index is 13.4. The van der Waals surface area contributed by atoms with E-state index in [1.807, 2.05) is 49.4 Å². The second kappa shape index (κ2) is 6.55. The first-order valence-electron chi connectivity index (χ1n) is 8.60. The second-order valence-corrected chi connectivity index (χ2v) is 7.18. The lowest BCUT2D eigenvalue weighted by atomic mass is 10.1. The highest BCUT2D eigenvalue weighted by Crippen LogP contribution is 2.39. The summed E-state index contributed by atoms with van der Waals surface area (Å²) < 4.78 is 6.55. The molecule has 27 heavy (non-hydrogen) atoms. The number of pyridine rings is 1. The van der Waals surface area contributed by atoms with Gasteiger partial charge in [0.15, 0.2) is 0 Å². The maximum Gasteiger partial charge on any atom is 0.350 e. The minimum Gasteiger partial charge on any atom is -0.465 e. The summed E-state index contributed by atoms with van der Waals surface area (Å²) in [5.41, 5.74) is 8.41. The minimum absolute atomic E-state index is 0.128. The molecule has 4 aromatic rings. The number of methoxy groups -OCH3 is 1. The topological polar surface area (TPSA) is 74.3 Å². The summed E-state index contributed by atoms with van der Waals surface area (Å²) in [5.74, 6) is -0.499. The molecule has 2 aromatic heterocycles. The van der Waals surface area contributed by atoms with Crippen LogP contribution < -0.4 is 11.3 Å². The second-order valence-electron chi connectivity index (χ2n) is 6.19. The van der Waals surface area contributed by atoms with Gasteiger partial charge in [-0.1, -0.05) is 43.3 Å². The Hall–Kier alpha value is -3.12. The van der Waals surface area contributed by atoms with Gasteiger partial charge in [-0.3, -0.25) is 9.36 Å². The predicted molar refractivity (Wildman–Crippen MR) is 110 cm³/mol. The number of benzene rings is 2. The number of carbonyl (C=O) groups is 1. The van der Waals surface area contributed by atoms with Gasteiger partial charge in [-0.05, 0) is 29.5 Å². The van der Waals surface area contributed by atoms with E-state index in [9.17, 15) is 9.59 Å². The van der Waals surface area contributed by atoms with Crippen LogP contribution in [0, 0.1) is 0 Å². The quantitative estimate of drug-likeness (QED) is 0.544. The Morgan fingerprint density at radius 3 is 2.48 bits per heavy atom. The van der Waals surface area contributed by atoms with E-state index < -0.39 is 5.97 Å². The molecule has 0 unspecified atom stereocenters. The van der Waals surface area contributed by atoms with E-state index in [2.05, 4.69) is 0 Å². The molecule has 6 heteroatoms. The number of thiophene rings is 1. The number of hydrogen-bond donors (Lipinski definition) is 1. The third-order valence-corrected chi connectivity index (χ3v) is 5.91. The summed E-state index contributed by atoms with van der Waals surface area (Å²) in [6.45, 7) is 2.05. The first-order chi connectivity index (χ1) is 13.1. The van der Waals surface area contributed by atoms with Crippen molar-refractivity contribution in [3.05, 3.63) is 69.3 Å². The third-order valence-electron chi connectivity index (χ3n) is 4.74. The largest absolute Gasteiger partial charge is 0.465 e. The highest BCUT2D eigenvalue weighted by atomic mass is 32.1. The summed E-state index contributed by atoms with van der Waals surface area (Å²) in [6.07, 6.45) is 0.779. The lowest BCUT2D eigenvalue weighted by Gasteiger charge is -2.13. The third kappa shape index (κ3) is 2.52. The van der Waals surface area contributed by atoms with Crippen LogP contribution in [0.4, 0.5) is 5.69 Å². The molecule has 2 N–H and O–H groups in total. The lowest BCUT2D eigenvalue weighted by molar-refractivity contribution is 0.0607. The summed E-state index contributed by atoms with van der Waals surface area (Å²) in [6, 6.07) is 15.1. The van der Waals surface area contributed by atoms with Crippen molar-refractivity contribution in [2.75, 3.05) is 12.8 Å². The van der Waals surface area contributed by atoms with Crippen LogP contribution in [-0.4, -0.2) is 17.6 Å². The number of hydrogen-bond acceptors (Lipinski definition) is 5. The van der Waals surface area contributed by atoms with Crippen molar-refractivity contribution in [2.24, 2.45) is 0 Å². The number of esters is 1. The number of fused-ring (bicyclic) bond motifs is 3. The Bertz CT molecular complexity index is 1250. The summed E-state index contributed by atoms with van der Waals surface area (Å²) >= 11 is 1.19. The molecule has 0 saturated carbocycles. The molecule has 5 nitrogen and oxygen atoms in total. The molecule has 0 spiro atoms. The normalized spacial score (nSPS) is 11.2. The number of anilines is 1. The molecule has 2 heterocycles. The number of carbonyl (C=O) groups excluding carboxylic acids is 1. The predicted octanol–water partition coefficient (Wildman–Crippen LogP) is 4.14. The number of aryl methyl sites for hydroxylation is 1. The summed E-state index contributed by atoms with van der Waals surface area (Å²) in [5, 5.41) is 2.02. The van der Waals surface area contributed by atoms with Gasteiger partial charge in [0.2, 0.25) is 0 Å². The van der Waals surface area contributed by atoms with Crippen molar-refractivity contribution >= 4 is 44.0 Å². The Morgan fingerprint density at radius 2 is 1.78 bits per heavy atom. The minimum atomic E-state index is -0.499. The number of nitrogens with two attached hydrogens (primary N) is 1. The number of para-hydroxylation sites is 1. The Morgan fingerprint density at radius 1 is 1.11 bits per heavy atom.